The molecule has 0 bridgehead atoms. The highest BCUT2D eigenvalue weighted by atomic mass is 79.9. The van der Waals surface area contributed by atoms with E-state index in [1.807, 2.05) is 19.9 Å². The minimum atomic E-state index is -3.54. The van der Waals surface area contributed by atoms with Crippen molar-refractivity contribution in [3.8, 4) is 0 Å². The summed E-state index contributed by atoms with van der Waals surface area (Å²) in [6.45, 7) is 4.78. The summed E-state index contributed by atoms with van der Waals surface area (Å²) in [6.07, 6.45) is 1.67. The second-order valence-electron chi connectivity index (χ2n) is 5.63. The molecule has 0 radical (unpaired) electrons. The highest BCUT2D eigenvalue weighted by Crippen LogP contribution is 2.34. The molecule has 21 heavy (non-hydrogen) atoms. The Morgan fingerprint density at radius 3 is 2.57 bits per heavy atom. The van der Waals surface area contributed by atoms with Gasteiger partial charge in [-0.25, -0.2) is 8.42 Å². The molecule has 1 unspecified atom stereocenters. The average Bonchev–Trinajstić information content (AvgIpc) is 2.42. The molecule has 1 fully saturated rings. The Balaban J connectivity index is 2.41. The standard InChI is InChI=1S/C14H19Br2NO3S/c1-10-7-12(16)13(8-11(10)15)21(18,19)17-6-4-5-14(2,9-17)20-3/h7-8H,4-6,9H2,1-3H3. The Labute approximate surface area is 143 Å². The topological polar surface area (TPSA) is 46.6 Å². The molecule has 1 atom stereocenters. The maximum Gasteiger partial charge on any atom is 0.244 e. The zero-order chi connectivity index (χ0) is 15.8. The van der Waals surface area contributed by atoms with Crippen LogP contribution in [0.4, 0.5) is 0 Å². The molecule has 1 heterocycles. The first kappa shape index (κ1) is 17.4. The Kier molecular flexibility index (Phi) is 5.20. The zero-order valence-corrected chi connectivity index (χ0v) is 16.3. The molecule has 0 spiro atoms. The van der Waals surface area contributed by atoms with Crippen LogP contribution in [0.2, 0.25) is 0 Å². The van der Waals surface area contributed by atoms with Gasteiger partial charge < -0.3 is 4.74 Å². The first-order valence-corrected chi connectivity index (χ1v) is 9.73. The van der Waals surface area contributed by atoms with Gasteiger partial charge >= 0.3 is 0 Å². The van der Waals surface area contributed by atoms with Crippen LogP contribution < -0.4 is 0 Å². The number of sulfonamides is 1. The fraction of sp³-hybridized carbons (Fsp3) is 0.571. The maximum atomic E-state index is 12.9. The van der Waals surface area contributed by atoms with Crippen LogP contribution in [0.1, 0.15) is 25.3 Å². The van der Waals surface area contributed by atoms with E-state index in [1.54, 1.807) is 13.2 Å². The van der Waals surface area contributed by atoms with Crippen molar-refractivity contribution in [1.29, 1.82) is 0 Å². The maximum absolute atomic E-state index is 12.9. The summed E-state index contributed by atoms with van der Waals surface area (Å²) in [5.74, 6) is 0. The molecule has 7 heteroatoms. The number of halogens is 2. The summed E-state index contributed by atoms with van der Waals surface area (Å²) in [7, 11) is -1.90. The number of nitrogens with zero attached hydrogens (tertiary/aromatic N) is 1. The molecule has 1 aromatic rings. The van der Waals surface area contributed by atoms with Crippen molar-refractivity contribution in [3.63, 3.8) is 0 Å². The van der Waals surface area contributed by atoms with E-state index < -0.39 is 15.6 Å². The molecule has 4 nitrogen and oxygen atoms in total. The minimum absolute atomic E-state index is 0.292. The van der Waals surface area contributed by atoms with Crippen LogP contribution >= 0.6 is 31.9 Å². The summed E-state index contributed by atoms with van der Waals surface area (Å²) in [5, 5.41) is 0. The van der Waals surface area contributed by atoms with E-state index in [1.165, 1.54) is 4.31 Å². The lowest BCUT2D eigenvalue weighted by atomic mass is 9.96. The predicted octanol–water partition coefficient (Wildman–Crippen LogP) is 3.71. The summed E-state index contributed by atoms with van der Waals surface area (Å²) in [6, 6.07) is 3.48. The van der Waals surface area contributed by atoms with Gasteiger partial charge in [0.25, 0.3) is 0 Å². The quantitative estimate of drug-likeness (QED) is 0.719. The average molecular weight is 441 g/mol. The number of piperidine rings is 1. The Morgan fingerprint density at radius 2 is 1.95 bits per heavy atom. The number of methoxy groups -OCH3 is 1. The van der Waals surface area contributed by atoms with Gasteiger partial charge in [-0.15, -0.1) is 0 Å². The number of ether oxygens (including phenoxy) is 1. The molecule has 1 aromatic carbocycles. The molecule has 1 aliphatic rings. The minimum Gasteiger partial charge on any atom is -0.377 e. The normalized spacial score (nSPS) is 24.2. The van der Waals surface area contributed by atoms with Gasteiger partial charge in [0.05, 0.1) is 10.5 Å². The predicted molar refractivity (Wildman–Crippen MR) is 90.0 cm³/mol. The Hall–Kier alpha value is 0.0500. The van der Waals surface area contributed by atoms with Crippen LogP contribution in [0.15, 0.2) is 26.0 Å². The van der Waals surface area contributed by atoms with E-state index in [-0.39, 0.29) is 0 Å². The van der Waals surface area contributed by atoms with Crippen LogP contribution in [0.3, 0.4) is 0 Å². The SMILES string of the molecule is COC1(C)CCCN(S(=O)(=O)c2cc(Br)c(C)cc2Br)C1. The third-order valence-corrected chi connectivity index (χ3v) is 7.61. The number of rotatable bonds is 3. The summed E-state index contributed by atoms with van der Waals surface area (Å²) >= 11 is 6.78. The lowest BCUT2D eigenvalue weighted by molar-refractivity contribution is -0.0319. The highest BCUT2D eigenvalue weighted by molar-refractivity contribution is 9.11. The molecule has 0 aliphatic carbocycles. The molecule has 1 aliphatic heterocycles. The van der Waals surface area contributed by atoms with E-state index in [2.05, 4.69) is 31.9 Å². The van der Waals surface area contributed by atoms with E-state index in [0.717, 1.165) is 22.9 Å². The van der Waals surface area contributed by atoms with Crippen molar-refractivity contribution in [2.75, 3.05) is 20.2 Å². The monoisotopic (exact) mass is 439 g/mol. The summed E-state index contributed by atoms with van der Waals surface area (Å²) < 4.78 is 34.2. The number of benzene rings is 1. The molecular formula is C14H19Br2NO3S. The number of hydrogen-bond acceptors (Lipinski definition) is 3. The molecule has 0 saturated carbocycles. The molecular weight excluding hydrogens is 422 g/mol. The van der Waals surface area contributed by atoms with Gasteiger partial charge in [-0.1, -0.05) is 15.9 Å². The van der Waals surface area contributed by atoms with Crippen molar-refractivity contribution in [1.82, 2.24) is 4.31 Å². The van der Waals surface area contributed by atoms with Crippen LogP contribution in [-0.4, -0.2) is 38.5 Å². The summed E-state index contributed by atoms with van der Waals surface area (Å²) in [5.41, 5.74) is 0.570. The fourth-order valence-corrected chi connectivity index (χ4v) is 5.73. The van der Waals surface area contributed by atoms with E-state index >= 15 is 0 Å². The second-order valence-corrected chi connectivity index (χ2v) is 9.24. The van der Waals surface area contributed by atoms with E-state index in [9.17, 15) is 8.42 Å². The van der Waals surface area contributed by atoms with E-state index in [4.69, 9.17) is 4.74 Å². The van der Waals surface area contributed by atoms with Gasteiger partial charge in [0.15, 0.2) is 0 Å². The summed E-state index contributed by atoms with van der Waals surface area (Å²) in [4.78, 5) is 0.292. The second kappa shape index (κ2) is 6.28. The van der Waals surface area contributed by atoms with Crippen molar-refractivity contribution < 1.29 is 13.2 Å². The van der Waals surface area contributed by atoms with Crippen LogP contribution in [-0.2, 0) is 14.8 Å². The third-order valence-electron chi connectivity index (χ3n) is 3.95. The van der Waals surface area contributed by atoms with Gasteiger partial charge in [-0.05, 0) is 60.3 Å². The van der Waals surface area contributed by atoms with Crippen molar-refractivity contribution in [3.05, 3.63) is 26.6 Å². The first-order chi connectivity index (χ1) is 9.69. The lowest BCUT2D eigenvalue weighted by Crippen LogP contribution is -2.49. The number of hydrogen-bond donors (Lipinski definition) is 0. The number of aryl methyl sites for hydroxylation is 1. The molecule has 118 valence electrons. The largest absolute Gasteiger partial charge is 0.377 e. The van der Waals surface area contributed by atoms with Crippen molar-refractivity contribution in [2.24, 2.45) is 0 Å². The van der Waals surface area contributed by atoms with Gasteiger partial charge in [-0.3, -0.25) is 0 Å². The Morgan fingerprint density at radius 1 is 1.29 bits per heavy atom. The van der Waals surface area contributed by atoms with Gasteiger partial charge in [0.2, 0.25) is 10.0 Å². The van der Waals surface area contributed by atoms with E-state index in [0.29, 0.717) is 22.5 Å². The van der Waals surface area contributed by atoms with Crippen molar-refractivity contribution in [2.45, 2.75) is 37.2 Å². The molecule has 2 rings (SSSR count). The third kappa shape index (κ3) is 3.52. The molecule has 0 amide bonds. The van der Waals surface area contributed by atoms with Gasteiger partial charge in [-0.2, -0.15) is 4.31 Å². The van der Waals surface area contributed by atoms with Crippen LogP contribution in [0.25, 0.3) is 0 Å². The van der Waals surface area contributed by atoms with Crippen LogP contribution in [0, 0.1) is 6.92 Å². The van der Waals surface area contributed by atoms with Crippen molar-refractivity contribution >= 4 is 41.9 Å². The molecule has 0 aromatic heterocycles. The van der Waals surface area contributed by atoms with Crippen LogP contribution in [0.5, 0.6) is 0 Å². The fourth-order valence-electron chi connectivity index (χ4n) is 2.50. The molecule has 0 N–H and O–H groups in total. The van der Waals surface area contributed by atoms with Gasteiger partial charge in [0.1, 0.15) is 0 Å². The highest BCUT2D eigenvalue weighted by Gasteiger charge is 2.37. The Bertz CT molecular complexity index is 648. The lowest BCUT2D eigenvalue weighted by Gasteiger charge is -2.38. The smallest absolute Gasteiger partial charge is 0.244 e. The molecule has 1 saturated heterocycles. The first-order valence-electron chi connectivity index (χ1n) is 6.70. The zero-order valence-electron chi connectivity index (χ0n) is 12.3. The van der Waals surface area contributed by atoms with Gasteiger partial charge in [0, 0.05) is 29.1 Å².